The lowest BCUT2D eigenvalue weighted by Gasteiger charge is -2.37. The van der Waals surface area contributed by atoms with E-state index in [0.29, 0.717) is 12.5 Å². The predicted octanol–water partition coefficient (Wildman–Crippen LogP) is 8.46. The van der Waals surface area contributed by atoms with Crippen LogP contribution in [0.2, 0.25) is 0 Å². The van der Waals surface area contributed by atoms with Crippen LogP contribution in [-0.2, 0) is 19.1 Å². The van der Waals surface area contributed by atoms with Gasteiger partial charge in [-0.3, -0.25) is 9.59 Å². The number of piperidine rings is 1. The molecule has 14 nitrogen and oxygen atoms in total. The van der Waals surface area contributed by atoms with Crippen LogP contribution in [0, 0.1) is 17.8 Å². The Morgan fingerprint density at radius 3 is 2.10 bits per heavy atom. The van der Waals surface area contributed by atoms with E-state index in [1.165, 1.54) is 29.7 Å². The normalized spacial score (nSPS) is 20.9. The fourth-order valence-corrected chi connectivity index (χ4v) is 11.0. The molecule has 2 saturated heterocycles. The number of carbonyl (C=O) groups excluding carboxylic acids is 4. The zero-order chi connectivity index (χ0) is 42.7. The van der Waals surface area contributed by atoms with Crippen LogP contribution in [0.15, 0.2) is 60.8 Å². The van der Waals surface area contributed by atoms with Gasteiger partial charge in [0.05, 0.1) is 49.2 Å². The van der Waals surface area contributed by atoms with Gasteiger partial charge in [-0.1, -0.05) is 58.0 Å². The van der Waals surface area contributed by atoms with E-state index in [0.717, 1.165) is 81.9 Å². The number of benzene rings is 3. The summed E-state index contributed by atoms with van der Waals surface area (Å²) < 4.78 is 12.0. The molecule has 61 heavy (non-hydrogen) atoms. The minimum Gasteiger partial charge on any atom is -0.453 e. The van der Waals surface area contributed by atoms with E-state index in [1.807, 2.05) is 49.8 Å². The van der Waals surface area contributed by atoms with Crippen LogP contribution in [0.4, 0.5) is 9.59 Å². The van der Waals surface area contributed by atoms with Gasteiger partial charge in [-0.2, -0.15) is 0 Å². The van der Waals surface area contributed by atoms with E-state index in [-0.39, 0.29) is 41.8 Å². The standard InChI is InChI=1S/C46H52N8O6S/c1-23(2)38(51-45(57)59-5)43(55)53-17-7-8-35(53)41-47-22-34(50-41)27-11-15-31-30-14-10-26(20-36(30)61-37(31)21-27)25-12-16-32-33(19-25)49-42(48-32)40-28-9-13-29(18-28)54(40)44(56)39(24(3)4)52-46(58)60-6/h10-12,14-16,19-24,28-29,35,38-40H,7-9,13,17-18H2,1-6H3,(H,47,50)(H,48,49)(H,51,57)(H,52,58)/t28-,29+,35-,38-,39-,40-/m0/s1. The highest BCUT2D eigenvalue weighted by Crippen LogP contribution is 2.50. The number of rotatable bonds is 10. The van der Waals surface area contributed by atoms with Crippen LogP contribution >= 0.6 is 11.3 Å². The minimum atomic E-state index is -0.691. The van der Waals surface area contributed by atoms with Gasteiger partial charge in [-0.05, 0) is 85.3 Å². The maximum Gasteiger partial charge on any atom is 0.407 e. The number of methoxy groups -OCH3 is 2. The summed E-state index contributed by atoms with van der Waals surface area (Å²) in [7, 11) is 2.61. The molecule has 0 spiro atoms. The zero-order valence-corrected chi connectivity index (χ0v) is 36.1. The highest BCUT2D eigenvalue weighted by molar-refractivity contribution is 7.25. The van der Waals surface area contributed by atoms with Gasteiger partial charge in [0.25, 0.3) is 0 Å². The fourth-order valence-electron chi connectivity index (χ4n) is 9.84. The second-order valence-electron chi connectivity index (χ2n) is 17.4. The van der Waals surface area contributed by atoms with Crippen molar-refractivity contribution in [2.75, 3.05) is 20.8 Å². The Morgan fingerprint density at radius 1 is 0.770 bits per heavy atom. The molecular weight excluding hydrogens is 793 g/mol. The van der Waals surface area contributed by atoms with Crippen LogP contribution in [0.25, 0.3) is 53.6 Å². The molecule has 2 aliphatic heterocycles. The number of thiophene rings is 1. The number of ether oxygens (including phenoxy) is 2. The first kappa shape index (κ1) is 40.4. The molecule has 5 heterocycles. The number of hydrogen-bond donors (Lipinski definition) is 4. The first-order chi connectivity index (χ1) is 29.4. The second kappa shape index (κ2) is 16.1. The van der Waals surface area contributed by atoms with Crippen molar-refractivity contribution in [3.8, 4) is 22.4 Å². The van der Waals surface area contributed by atoms with Crippen molar-refractivity contribution >= 4 is 66.5 Å². The molecule has 3 aliphatic rings. The maximum absolute atomic E-state index is 14.1. The average molecular weight is 845 g/mol. The van der Waals surface area contributed by atoms with Crippen molar-refractivity contribution in [1.82, 2.24) is 40.4 Å². The topological polar surface area (TPSA) is 175 Å². The maximum atomic E-state index is 14.1. The number of nitrogens with one attached hydrogen (secondary N) is 4. The van der Waals surface area contributed by atoms with Gasteiger partial charge in [0, 0.05) is 38.3 Å². The van der Waals surface area contributed by atoms with Crippen LogP contribution in [-0.4, -0.2) is 92.6 Å². The highest BCUT2D eigenvalue weighted by atomic mass is 32.1. The summed E-state index contributed by atoms with van der Waals surface area (Å²) in [6, 6.07) is 17.7. The lowest BCUT2D eigenvalue weighted by atomic mass is 9.95. The SMILES string of the molecule is COC(=O)N[C@H](C(=O)N1CCC[C@H]1c1ncc(-c2ccc3c(c2)sc2cc(-c4ccc5nc([C@@H]6[C@H]7CC[C@H](C7)N6C(=O)[C@@H](NC(=O)OC)C(C)C)[nH]c5c4)ccc23)[nH]1)C(C)C. The van der Waals surface area contributed by atoms with E-state index in [1.54, 1.807) is 11.3 Å². The molecule has 318 valence electrons. The summed E-state index contributed by atoms with van der Waals surface area (Å²) in [4.78, 5) is 72.6. The summed E-state index contributed by atoms with van der Waals surface area (Å²) in [5, 5.41) is 7.86. The molecule has 0 radical (unpaired) electrons. The molecule has 15 heteroatoms. The molecule has 6 atom stereocenters. The highest BCUT2D eigenvalue weighted by Gasteiger charge is 2.51. The van der Waals surface area contributed by atoms with Crippen molar-refractivity contribution < 1.29 is 28.7 Å². The molecule has 3 aromatic carbocycles. The lowest BCUT2D eigenvalue weighted by molar-refractivity contribution is -0.139. The number of nitrogens with zero attached hydrogens (tertiary/aromatic N) is 4. The van der Waals surface area contributed by atoms with E-state index < -0.39 is 24.3 Å². The van der Waals surface area contributed by atoms with Crippen molar-refractivity contribution in [2.24, 2.45) is 17.8 Å². The van der Waals surface area contributed by atoms with Crippen molar-refractivity contribution in [2.45, 2.75) is 90.0 Å². The molecular formula is C46H52N8O6S. The lowest BCUT2D eigenvalue weighted by Crippen LogP contribution is -2.54. The Hall–Kier alpha value is -5.96. The van der Waals surface area contributed by atoms with Gasteiger partial charge in [0.15, 0.2) is 0 Å². The Kier molecular flexibility index (Phi) is 10.7. The molecule has 0 unspecified atom stereocenters. The molecule has 1 saturated carbocycles. The van der Waals surface area contributed by atoms with Crippen LogP contribution in [0.5, 0.6) is 0 Å². The van der Waals surface area contributed by atoms with Gasteiger partial charge in [0.2, 0.25) is 11.8 Å². The zero-order valence-electron chi connectivity index (χ0n) is 35.3. The Bertz CT molecular complexity index is 2670. The Labute approximate surface area is 357 Å². The first-order valence-corrected chi connectivity index (χ1v) is 22.1. The quantitative estimate of drug-likeness (QED) is 0.106. The molecule has 2 bridgehead atoms. The summed E-state index contributed by atoms with van der Waals surface area (Å²) in [5.41, 5.74) is 5.82. The van der Waals surface area contributed by atoms with Gasteiger partial charge in [0.1, 0.15) is 23.7 Å². The minimum absolute atomic E-state index is 0.0896. The largest absolute Gasteiger partial charge is 0.453 e. The molecule has 9 rings (SSSR count). The van der Waals surface area contributed by atoms with Gasteiger partial charge in [-0.25, -0.2) is 19.6 Å². The smallest absolute Gasteiger partial charge is 0.407 e. The van der Waals surface area contributed by atoms with E-state index in [4.69, 9.17) is 19.4 Å². The molecule has 4 N–H and O–H groups in total. The van der Waals surface area contributed by atoms with Gasteiger partial charge < -0.3 is 39.9 Å². The molecule has 4 amide bonds. The number of aromatic nitrogens is 4. The number of alkyl carbamates (subject to hydrolysis) is 2. The monoisotopic (exact) mass is 844 g/mol. The van der Waals surface area contributed by atoms with E-state index in [2.05, 4.69) is 69.1 Å². The fraction of sp³-hybridized carbons (Fsp3) is 0.435. The predicted molar refractivity (Wildman–Crippen MR) is 235 cm³/mol. The number of amides is 4. The average Bonchev–Trinajstić information content (AvgIpc) is 4.12. The van der Waals surface area contributed by atoms with Gasteiger partial charge >= 0.3 is 12.2 Å². The molecule has 1 aliphatic carbocycles. The Morgan fingerprint density at radius 2 is 1.41 bits per heavy atom. The number of H-pyrrole nitrogens is 2. The van der Waals surface area contributed by atoms with E-state index >= 15 is 0 Å². The number of aromatic amines is 2. The number of hydrogen-bond acceptors (Lipinski definition) is 9. The van der Waals surface area contributed by atoms with E-state index in [9.17, 15) is 19.2 Å². The van der Waals surface area contributed by atoms with Crippen LogP contribution < -0.4 is 10.6 Å². The third-order valence-electron chi connectivity index (χ3n) is 13.0. The second-order valence-corrected chi connectivity index (χ2v) is 18.5. The number of carbonyl (C=O) groups is 4. The summed E-state index contributed by atoms with van der Waals surface area (Å²) >= 11 is 1.75. The van der Waals surface area contributed by atoms with Gasteiger partial charge in [-0.15, -0.1) is 11.3 Å². The Balaban J connectivity index is 0.950. The van der Waals surface area contributed by atoms with Crippen molar-refractivity contribution in [3.63, 3.8) is 0 Å². The third kappa shape index (κ3) is 7.36. The summed E-state index contributed by atoms with van der Waals surface area (Å²) in [6.45, 7) is 8.28. The van der Waals surface area contributed by atoms with Crippen LogP contribution in [0.1, 0.15) is 83.5 Å². The number of likely N-dealkylation sites (tertiary alicyclic amines) is 2. The third-order valence-corrected chi connectivity index (χ3v) is 14.1. The van der Waals surface area contributed by atoms with Crippen LogP contribution in [0.3, 0.4) is 0 Å². The molecule has 3 fully saturated rings. The number of fused-ring (bicyclic) bond motifs is 6. The summed E-state index contributed by atoms with van der Waals surface area (Å²) in [6.07, 6.45) is 5.16. The molecule has 3 aromatic heterocycles. The summed E-state index contributed by atoms with van der Waals surface area (Å²) in [5.74, 6) is 1.39. The number of imidazole rings is 2. The van der Waals surface area contributed by atoms with Crippen molar-refractivity contribution in [3.05, 3.63) is 72.4 Å². The molecule has 6 aromatic rings. The van der Waals surface area contributed by atoms with Crippen molar-refractivity contribution in [1.29, 1.82) is 0 Å². The first-order valence-electron chi connectivity index (χ1n) is 21.3.